The van der Waals surface area contributed by atoms with Crippen molar-refractivity contribution in [3.8, 4) is 11.3 Å². The third-order valence-electron chi connectivity index (χ3n) is 6.12. The SMILES string of the molecule is CC(=O)Nc1ncc(-c2ccc3ncc4c(=O)[nH]c(=O)n(C5CCN(C(C)=O)CC5)c4c3n2)cn1. The van der Waals surface area contributed by atoms with Crippen LogP contribution in [0.5, 0.6) is 0 Å². The minimum atomic E-state index is -0.535. The first-order chi connectivity index (χ1) is 16.8. The first-order valence-corrected chi connectivity index (χ1v) is 11.1. The number of carbonyl (C=O) groups is 2. The van der Waals surface area contributed by atoms with E-state index < -0.39 is 11.2 Å². The van der Waals surface area contributed by atoms with Gasteiger partial charge in [0.25, 0.3) is 5.56 Å². The van der Waals surface area contributed by atoms with E-state index in [9.17, 15) is 19.2 Å². The van der Waals surface area contributed by atoms with E-state index in [-0.39, 0.29) is 29.2 Å². The Labute approximate surface area is 198 Å². The molecule has 1 aliphatic rings. The van der Waals surface area contributed by atoms with Crippen molar-refractivity contribution in [3.05, 3.63) is 51.6 Å². The number of nitrogens with one attached hydrogen (secondary N) is 2. The molecule has 0 radical (unpaired) electrons. The van der Waals surface area contributed by atoms with Crippen LogP contribution in [0.3, 0.4) is 0 Å². The number of carbonyl (C=O) groups excluding carboxylic acids is 2. The fraction of sp³-hybridized carbons (Fsp3) is 0.304. The molecule has 12 nitrogen and oxygen atoms in total. The second kappa shape index (κ2) is 8.70. The summed E-state index contributed by atoms with van der Waals surface area (Å²) in [6.07, 6.45) is 5.65. The number of aromatic nitrogens is 6. The van der Waals surface area contributed by atoms with Gasteiger partial charge in [-0.15, -0.1) is 0 Å². The summed E-state index contributed by atoms with van der Waals surface area (Å²) >= 11 is 0. The standard InChI is InChI=1S/C23H22N8O4/c1-12(32)27-22-25-9-14(10-26-22)17-3-4-18-19(28-17)20-16(11-24-18)21(34)29-23(35)31(20)15-5-7-30(8-6-15)13(2)33/h3-4,9-11,15H,5-8H2,1-2H3,(H,29,34,35)(H,25,26,27,32). The fourth-order valence-electron chi connectivity index (χ4n) is 4.42. The van der Waals surface area contributed by atoms with E-state index in [1.54, 1.807) is 21.6 Å². The zero-order valence-electron chi connectivity index (χ0n) is 19.1. The van der Waals surface area contributed by atoms with Crippen LogP contribution in [0.1, 0.15) is 32.7 Å². The van der Waals surface area contributed by atoms with Crippen molar-refractivity contribution in [2.24, 2.45) is 0 Å². The minimum Gasteiger partial charge on any atom is -0.343 e. The van der Waals surface area contributed by atoms with Gasteiger partial charge in [0.15, 0.2) is 0 Å². The number of hydrogen-bond donors (Lipinski definition) is 2. The highest BCUT2D eigenvalue weighted by atomic mass is 16.2. The lowest BCUT2D eigenvalue weighted by atomic mass is 10.0. The van der Waals surface area contributed by atoms with Crippen molar-refractivity contribution >= 4 is 39.7 Å². The van der Waals surface area contributed by atoms with E-state index in [1.807, 2.05) is 0 Å². The van der Waals surface area contributed by atoms with Crippen LogP contribution in [-0.2, 0) is 9.59 Å². The van der Waals surface area contributed by atoms with Crippen LogP contribution in [0.25, 0.3) is 33.2 Å². The molecule has 35 heavy (non-hydrogen) atoms. The van der Waals surface area contributed by atoms with Gasteiger partial charge < -0.3 is 4.90 Å². The highest BCUT2D eigenvalue weighted by Gasteiger charge is 2.26. The van der Waals surface area contributed by atoms with Gasteiger partial charge in [0.1, 0.15) is 5.52 Å². The Balaban J connectivity index is 1.66. The van der Waals surface area contributed by atoms with Gasteiger partial charge in [-0.25, -0.2) is 19.7 Å². The van der Waals surface area contributed by atoms with E-state index in [2.05, 4.69) is 25.3 Å². The molecule has 0 bridgehead atoms. The van der Waals surface area contributed by atoms with Gasteiger partial charge in [0.05, 0.1) is 22.1 Å². The molecule has 0 spiro atoms. The molecule has 2 amide bonds. The molecule has 0 aliphatic carbocycles. The summed E-state index contributed by atoms with van der Waals surface area (Å²) in [5, 5.41) is 2.77. The summed E-state index contributed by atoms with van der Waals surface area (Å²) in [5.74, 6) is -0.113. The molecule has 4 aromatic rings. The molecule has 4 aromatic heterocycles. The maximum absolute atomic E-state index is 13.0. The summed E-state index contributed by atoms with van der Waals surface area (Å²) in [6.45, 7) is 3.93. The van der Waals surface area contributed by atoms with Gasteiger partial charge in [0.2, 0.25) is 17.8 Å². The van der Waals surface area contributed by atoms with Crippen molar-refractivity contribution in [2.45, 2.75) is 32.7 Å². The maximum atomic E-state index is 13.0. The number of nitrogens with zero attached hydrogens (tertiary/aromatic N) is 6. The number of fused-ring (bicyclic) bond motifs is 3. The van der Waals surface area contributed by atoms with Gasteiger partial charge >= 0.3 is 5.69 Å². The minimum absolute atomic E-state index is 0.00479. The predicted molar refractivity (Wildman–Crippen MR) is 128 cm³/mol. The topological polar surface area (TPSA) is 156 Å². The molecule has 0 unspecified atom stereocenters. The molecule has 5 rings (SSSR count). The first kappa shape index (κ1) is 22.3. The highest BCUT2D eigenvalue weighted by Crippen LogP contribution is 2.28. The molecule has 12 heteroatoms. The van der Waals surface area contributed by atoms with Gasteiger partial charge in [-0.3, -0.25) is 34.2 Å². The third kappa shape index (κ3) is 4.14. The Kier molecular flexibility index (Phi) is 5.55. The summed E-state index contributed by atoms with van der Waals surface area (Å²) < 4.78 is 1.57. The van der Waals surface area contributed by atoms with Crippen LogP contribution in [0, 0.1) is 0 Å². The van der Waals surface area contributed by atoms with Crippen molar-refractivity contribution < 1.29 is 9.59 Å². The quantitative estimate of drug-likeness (QED) is 0.420. The number of anilines is 1. The number of hydrogen-bond acceptors (Lipinski definition) is 8. The molecule has 178 valence electrons. The normalized spacial score (nSPS) is 14.4. The van der Waals surface area contributed by atoms with Crippen LogP contribution in [0.15, 0.2) is 40.3 Å². The number of aromatic amines is 1. The lowest BCUT2D eigenvalue weighted by Gasteiger charge is -2.32. The summed E-state index contributed by atoms with van der Waals surface area (Å²) in [4.78, 5) is 70.2. The van der Waals surface area contributed by atoms with E-state index in [4.69, 9.17) is 4.98 Å². The number of amides is 2. The van der Waals surface area contributed by atoms with Crippen molar-refractivity contribution in [2.75, 3.05) is 18.4 Å². The van der Waals surface area contributed by atoms with Gasteiger partial charge in [-0.1, -0.05) is 0 Å². The zero-order valence-corrected chi connectivity index (χ0v) is 19.1. The van der Waals surface area contributed by atoms with E-state index in [0.717, 1.165) is 0 Å². The first-order valence-electron chi connectivity index (χ1n) is 11.1. The number of likely N-dealkylation sites (tertiary alicyclic amines) is 1. The molecule has 1 aliphatic heterocycles. The summed E-state index contributed by atoms with van der Waals surface area (Å²) in [6, 6.07) is 3.29. The predicted octanol–water partition coefficient (Wildman–Crippen LogP) is 1.23. The van der Waals surface area contributed by atoms with Crippen molar-refractivity contribution in [3.63, 3.8) is 0 Å². The Morgan fingerprint density at radius 2 is 1.74 bits per heavy atom. The number of H-pyrrole nitrogens is 1. The summed E-state index contributed by atoms with van der Waals surface area (Å²) in [7, 11) is 0. The Bertz CT molecular complexity index is 1580. The average Bonchev–Trinajstić information content (AvgIpc) is 2.84. The molecule has 0 atom stereocenters. The zero-order chi connectivity index (χ0) is 24.7. The van der Waals surface area contributed by atoms with Crippen molar-refractivity contribution in [1.29, 1.82) is 0 Å². The largest absolute Gasteiger partial charge is 0.343 e. The summed E-state index contributed by atoms with van der Waals surface area (Å²) in [5.41, 5.74) is 1.39. The number of piperidine rings is 1. The molecule has 0 saturated carbocycles. The molecule has 1 saturated heterocycles. The van der Waals surface area contributed by atoms with Crippen LogP contribution in [-0.4, -0.2) is 59.3 Å². The lowest BCUT2D eigenvalue weighted by Crippen LogP contribution is -2.41. The maximum Gasteiger partial charge on any atom is 0.329 e. The second-order valence-electron chi connectivity index (χ2n) is 8.43. The molecule has 0 aromatic carbocycles. The Morgan fingerprint density at radius 3 is 2.40 bits per heavy atom. The average molecular weight is 474 g/mol. The van der Waals surface area contributed by atoms with Crippen LogP contribution in [0.2, 0.25) is 0 Å². The molecular weight excluding hydrogens is 452 g/mol. The van der Waals surface area contributed by atoms with Crippen LogP contribution < -0.4 is 16.6 Å². The van der Waals surface area contributed by atoms with Crippen molar-refractivity contribution in [1.82, 2.24) is 34.4 Å². The monoisotopic (exact) mass is 474 g/mol. The smallest absolute Gasteiger partial charge is 0.329 e. The number of pyridine rings is 2. The van der Waals surface area contributed by atoms with Gasteiger partial charge in [0, 0.05) is 57.1 Å². The van der Waals surface area contributed by atoms with Gasteiger partial charge in [-0.05, 0) is 25.0 Å². The molecule has 5 heterocycles. The third-order valence-corrected chi connectivity index (χ3v) is 6.12. The second-order valence-corrected chi connectivity index (χ2v) is 8.43. The number of rotatable bonds is 3. The Morgan fingerprint density at radius 1 is 1.03 bits per heavy atom. The van der Waals surface area contributed by atoms with Gasteiger partial charge in [-0.2, -0.15) is 0 Å². The lowest BCUT2D eigenvalue weighted by molar-refractivity contribution is -0.130. The Hall–Kier alpha value is -4.48. The molecule has 2 N–H and O–H groups in total. The molecule has 1 fully saturated rings. The highest BCUT2D eigenvalue weighted by molar-refractivity contribution is 6.01. The van der Waals surface area contributed by atoms with E-state index in [1.165, 1.54) is 32.4 Å². The van der Waals surface area contributed by atoms with E-state index in [0.29, 0.717) is 53.7 Å². The van der Waals surface area contributed by atoms with Crippen LogP contribution >= 0.6 is 0 Å². The van der Waals surface area contributed by atoms with E-state index >= 15 is 0 Å². The fourth-order valence-corrected chi connectivity index (χ4v) is 4.42. The molecular formula is C23H22N8O4. The van der Waals surface area contributed by atoms with Crippen LogP contribution in [0.4, 0.5) is 5.95 Å².